The van der Waals surface area contributed by atoms with E-state index in [1.54, 1.807) is 12.1 Å². The number of aliphatic hydroxyl groups is 4. The van der Waals surface area contributed by atoms with Gasteiger partial charge in [0, 0.05) is 11.6 Å². The first kappa shape index (κ1) is 22.4. The number of rotatable bonds is 6. The van der Waals surface area contributed by atoms with Crippen LogP contribution in [0.1, 0.15) is 19.4 Å². The Labute approximate surface area is 161 Å². The lowest BCUT2D eigenvalue weighted by Crippen LogP contribution is -2.65. The van der Waals surface area contributed by atoms with Crippen LogP contribution >= 0.6 is 0 Å². The van der Waals surface area contributed by atoms with Crippen molar-refractivity contribution in [2.24, 2.45) is 5.92 Å². The van der Waals surface area contributed by atoms with Gasteiger partial charge < -0.3 is 35.8 Å². The van der Waals surface area contributed by atoms with Crippen LogP contribution in [0.15, 0.2) is 24.3 Å². The van der Waals surface area contributed by atoms with Crippen LogP contribution in [0.2, 0.25) is 0 Å². The molecule has 158 valence electrons. The Morgan fingerprint density at radius 3 is 2.43 bits per heavy atom. The number of ether oxygens (including phenoxy) is 1. The van der Waals surface area contributed by atoms with Crippen LogP contribution in [-0.2, 0) is 11.3 Å². The lowest BCUT2D eigenvalue weighted by Gasteiger charge is -2.46. The minimum Gasteiger partial charge on any atom is -0.394 e. The fraction of sp³-hybridized carbons (Fsp3) is 0.611. The van der Waals surface area contributed by atoms with Gasteiger partial charge in [0.15, 0.2) is 6.17 Å². The Bertz CT molecular complexity index is 660. The number of alkyl halides is 2. The van der Waals surface area contributed by atoms with Gasteiger partial charge in [-0.15, -0.1) is 0 Å². The number of anilines is 1. The molecule has 1 heterocycles. The van der Waals surface area contributed by atoms with Crippen molar-refractivity contribution >= 4 is 11.7 Å². The Kier molecular flexibility index (Phi) is 7.29. The molecule has 0 bridgehead atoms. The smallest absolute Gasteiger partial charge is 0.319 e. The standard InChI is InChI=1S/C18H26F2N2O6/c1-9-13(22-17(27)21-11-5-3-10(7-23)4-6-11)16(19)18(2,20)28-15(9)14(26)12(25)8-24/h3-6,9,12-16,23-26H,7-8H2,1-2H3,(H2,21,22,27)/t9-,12-,13-,14-,15-,16?,18?/m1/s1. The number of benzene rings is 1. The first-order chi connectivity index (χ1) is 13.1. The minimum absolute atomic E-state index is 0.159. The number of aliphatic hydroxyl groups excluding tert-OH is 4. The highest BCUT2D eigenvalue weighted by Crippen LogP contribution is 2.38. The summed E-state index contributed by atoms with van der Waals surface area (Å²) in [6.07, 6.45) is -6.89. The topological polar surface area (TPSA) is 131 Å². The third-order valence-electron chi connectivity index (χ3n) is 4.87. The minimum atomic E-state index is -2.83. The van der Waals surface area contributed by atoms with Gasteiger partial charge in [-0.05, 0) is 24.6 Å². The molecule has 7 atom stereocenters. The number of amides is 2. The van der Waals surface area contributed by atoms with Gasteiger partial charge >= 0.3 is 6.03 Å². The number of halogens is 2. The van der Waals surface area contributed by atoms with Crippen LogP contribution < -0.4 is 10.6 Å². The second-order valence-corrected chi connectivity index (χ2v) is 7.05. The zero-order chi connectivity index (χ0) is 21.1. The van der Waals surface area contributed by atoms with Crippen molar-refractivity contribution in [2.45, 2.75) is 56.8 Å². The quantitative estimate of drug-likeness (QED) is 0.408. The van der Waals surface area contributed by atoms with Gasteiger partial charge in [0.25, 0.3) is 0 Å². The molecule has 1 fully saturated rings. The second kappa shape index (κ2) is 9.10. The highest BCUT2D eigenvalue weighted by Gasteiger charge is 2.54. The molecule has 0 aromatic heterocycles. The summed E-state index contributed by atoms with van der Waals surface area (Å²) in [5.74, 6) is -3.74. The lowest BCUT2D eigenvalue weighted by atomic mass is 9.82. The van der Waals surface area contributed by atoms with Crippen LogP contribution in [0.25, 0.3) is 0 Å². The molecule has 1 aromatic carbocycles. The van der Waals surface area contributed by atoms with Crippen molar-refractivity contribution in [3.05, 3.63) is 29.8 Å². The zero-order valence-corrected chi connectivity index (χ0v) is 15.5. The normalized spacial score (nSPS) is 32.4. The summed E-state index contributed by atoms with van der Waals surface area (Å²) in [6.45, 7) is 1.31. The molecule has 0 aliphatic carbocycles. The molecule has 1 aliphatic rings. The maximum absolute atomic E-state index is 14.6. The Balaban J connectivity index is 2.12. The zero-order valence-electron chi connectivity index (χ0n) is 15.5. The van der Waals surface area contributed by atoms with E-state index < -0.39 is 54.9 Å². The number of hydrogen-bond acceptors (Lipinski definition) is 6. The van der Waals surface area contributed by atoms with E-state index in [1.165, 1.54) is 19.1 Å². The summed E-state index contributed by atoms with van der Waals surface area (Å²) in [7, 11) is 0. The molecule has 0 saturated carbocycles. The highest BCUT2D eigenvalue weighted by molar-refractivity contribution is 5.89. The molecule has 0 radical (unpaired) electrons. The number of nitrogens with one attached hydrogen (secondary N) is 2. The van der Waals surface area contributed by atoms with Crippen molar-refractivity contribution in [1.29, 1.82) is 0 Å². The second-order valence-electron chi connectivity index (χ2n) is 7.05. The molecule has 10 heteroatoms. The number of carbonyl (C=O) groups excluding carboxylic acids is 1. The van der Waals surface area contributed by atoms with E-state index in [0.717, 1.165) is 6.92 Å². The van der Waals surface area contributed by atoms with Crippen LogP contribution in [0.5, 0.6) is 0 Å². The van der Waals surface area contributed by atoms with E-state index in [2.05, 4.69) is 10.6 Å². The van der Waals surface area contributed by atoms with Crippen LogP contribution in [-0.4, -0.2) is 69.4 Å². The predicted molar refractivity (Wildman–Crippen MR) is 95.9 cm³/mol. The lowest BCUT2D eigenvalue weighted by molar-refractivity contribution is -0.280. The third-order valence-corrected chi connectivity index (χ3v) is 4.87. The van der Waals surface area contributed by atoms with E-state index in [9.17, 15) is 23.8 Å². The fourth-order valence-electron chi connectivity index (χ4n) is 3.15. The van der Waals surface area contributed by atoms with Crippen LogP contribution in [0.3, 0.4) is 0 Å². The average molecular weight is 404 g/mol. The van der Waals surface area contributed by atoms with Gasteiger partial charge in [-0.2, -0.15) is 0 Å². The molecule has 8 nitrogen and oxygen atoms in total. The van der Waals surface area contributed by atoms with Gasteiger partial charge in [0.1, 0.15) is 12.2 Å². The summed E-state index contributed by atoms with van der Waals surface area (Å²) in [6, 6.07) is 4.08. The maximum Gasteiger partial charge on any atom is 0.319 e. The van der Waals surface area contributed by atoms with Crippen molar-refractivity contribution in [3.8, 4) is 0 Å². The monoisotopic (exact) mass is 404 g/mol. The molecular formula is C18H26F2N2O6. The Morgan fingerprint density at radius 2 is 1.89 bits per heavy atom. The van der Waals surface area contributed by atoms with Gasteiger partial charge in [-0.25, -0.2) is 13.6 Å². The van der Waals surface area contributed by atoms with E-state index in [4.69, 9.17) is 14.9 Å². The number of urea groups is 1. The summed E-state index contributed by atoms with van der Waals surface area (Å²) in [5.41, 5.74) is 1.01. The van der Waals surface area contributed by atoms with E-state index in [0.29, 0.717) is 11.3 Å². The van der Waals surface area contributed by atoms with Crippen molar-refractivity contribution in [3.63, 3.8) is 0 Å². The molecule has 0 spiro atoms. The average Bonchev–Trinajstić information content (AvgIpc) is 2.67. The van der Waals surface area contributed by atoms with Crippen LogP contribution in [0.4, 0.5) is 19.3 Å². The van der Waals surface area contributed by atoms with Crippen LogP contribution in [0, 0.1) is 5.92 Å². The summed E-state index contributed by atoms with van der Waals surface area (Å²) in [5, 5.41) is 42.5. The largest absolute Gasteiger partial charge is 0.394 e. The molecule has 2 unspecified atom stereocenters. The third kappa shape index (κ3) is 4.95. The first-order valence-corrected chi connectivity index (χ1v) is 8.85. The molecule has 1 aliphatic heterocycles. The molecule has 2 amide bonds. The summed E-state index contributed by atoms with van der Waals surface area (Å²) < 4.78 is 34.2. The molecule has 1 aromatic rings. The fourth-order valence-corrected chi connectivity index (χ4v) is 3.15. The number of hydrogen-bond donors (Lipinski definition) is 6. The predicted octanol–water partition coefficient (Wildman–Crippen LogP) is 0.442. The van der Waals surface area contributed by atoms with E-state index >= 15 is 0 Å². The van der Waals surface area contributed by atoms with Crippen molar-refractivity contribution in [1.82, 2.24) is 5.32 Å². The highest BCUT2D eigenvalue weighted by atomic mass is 19.2. The van der Waals surface area contributed by atoms with Gasteiger partial charge in [0.05, 0.1) is 25.4 Å². The van der Waals surface area contributed by atoms with Crippen molar-refractivity contribution < 1.29 is 38.7 Å². The van der Waals surface area contributed by atoms with Gasteiger partial charge in [-0.3, -0.25) is 0 Å². The molecular weight excluding hydrogens is 378 g/mol. The molecule has 1 saturated heterocycles. The Hall–Kier alpha value is -1.85. The first-order valence-electron chi connectivity index (χ1n) is 8.85. The Morgan fingerprint density at radius 1 is 1.29 bits per heavy atom. The van der Waals surface area contributed by atoms with Crippen molar-refractivity contribution in [2.75, 3.05) is 11.9 Å². The summed E-state index contributed by atoms with van der Waals surface area (Å²) in [4.78, 5) is 12.3. The maximum atomic E-state index is 14.6. The SMILES string of the molecule is C[C@H]1[C@H]([C@H](O)[C@H](O)CO)OC(C)(F)C(F)[C@@H]1NC(=O)Nc1ccc(CO)cc1. The van der Waals surface area contributed by atoms with E-state index in [-0.39, 0.29) is 6.61 Å². The molecule has 6 N–H and O–H groups in total. The van der Waals surface area contributed by atoms with E-state index in [1.807, 2.05) is 0 Å². The van der Waals surface area contributed by atoms with Gasteiger partial charge in [0.2, 0.25) is 5.85 Å². The number of carbonyl (C=O) groups is 1. The summed E-state index contributed by atoms with van der Waals surface area (Å²) >= 11 is 0. The molecule has 2 rings (SSSR count). The molecule has 28 heavy (non-hydrogen) atoms. The van der Waals surface area contributed by atoms with Gasteiger partial charge in [-0.1, -0.05) is 19.1 Å².